The fourth-order valence-electron chi connectivity index (χ4n) is 3.24. The molecule has 2 aromatic heterocycles. The van der Waals surface area contributed by atoms with Gasteiger partial charge >= 0.3 is 146 Å². The van der Waals surface area contributed by atoms with Gasteiger partial charge in [0.1, 0.15) is 0 Å². The molecule has 1 aliphatic rings. The molecule has 145 valence electrons. The Morgan fingerprint density at radius 2 is 1.93 bits per heavy atom. The molecule has 4 atom stereocenters. The number of nitrogens with zero attached hydrogens (tertiary/aromatic N) is 5. The second kappa shape index (κ2) is 7.53. The minimum atomic E-state index is -1.11. The zero-order valence-electron chi connectivity index (χ0n) is 14.5. The van der Waals surface area contributed by atoms with Crippen LogP contribution in [0.15, 0.2) is 36.9 Å². The fourth-order valence-corrected chi connectivity index (χ4v) is 3.82. The van der Waals surface area contributed by atoms with E-state index in [1.54, 1.807) is 16.7 Å². The number of non-ortho nitro benzene ring substituents is 1. The third-order valence-corrected chi connectivity index (χ3v) is 5.42. The Hall–Kier alpha value is -2.43. The number of aromatic nitrogens is 4. The van der Waals surface area contributed by atoms with E-state index in [2.05, 4.69) is 31.0 Å². The van der Waals surface area contributed by atoms with Gasteiger partial charge in [0.15, 0.2) is 0 Å². The number of benzene rings is 1. The van der Waals surface area contributed by atoms with Crippen LogP contribution in [0.3, 0.4) is 0 Å². The molecule has 4 rings (SSSR count). The van der Waals surface area contributed by atoms with Crippen molar-refractivity contribution in [3.05, 3.63) is 58.3 Å². The molecule has 1 fully saturated rings. The van der Waals surface area contributed by atoms with Crippen LogP contribution in [0.1, 0.15) is 17.5 Å². The Bertz CT molecular complexity index is 1010. The summed E-state index contributed by atoms with van der Waals surface area (Å²) in [5.74, 6) is 0. The van der Waals surface area contributed by atoms with Crippen molar-refractivity contribution in [2.45, 2.75) is 36.3 Å². The van der Waals surface area contributed by atoms with E-state index >= 15 is 0 Å². The van der Waals surface area contributed by atoms with Crippen molar-refractivity contribution < 1.29 is 19.9 Å². The second-order valence-electron chi connectivity index (χ2n) is 6.46. The molecule has 1 radical (unpaired) electrons. The first-order chi connectivity index (χ1) is 13.5. The van der Waals surface area contributed by atoms with Crippen molar-refractivity contribution in [1.29, 1.82) is 0 Å². The van der Waals surface area contributed by atoms with Crippen LogP contribution in [0.25, 0.3) is 11.2 Å². The number of aliphatic hydroxyl groups excluding tert-OH is 2. The van der Waals surface area contributed by atoms with E-state index in [4.69, 9.17) is 4.74 Å². The molecular weight excluding hydrogens is 433 g/mol. The predicted molar refractivity (Wildman–Crippen MR) is 97.7 cm³/mol. The molecule has 28 heavy (non-hydrogen) atoms. The van der Waals surface area contributed by atoms with Gasteiger partial charge in [-0.25, -0.2) is 0 Å². The Labute approximate surface area is 167 Å². The molecule has 3 aromatic rings. The van der Waals surface area contributed by atoms with E-state index in [1.165, 1.54) is 24.8 Å². The van der Waals surface area contributed by atoms with E-state index in [9.17, 15) is 20.3 Å². The minimum absolute atomic E-state index is 0.0227. The summed E-state index contributed by atoms with van der Waals surface area (Å²) in [7, 11) is 0. The van der Waals surface area contributed by atoms with Crippen LogP contribution in [0.2, 0.25) is 5.32 Å². The third-order valence-electron chi connectivity index (χ3n) is 4.73. The maximum atomic E-state index is 10.8. The topological polar surface area (TPSA) is 136 Å². The summed E-state index contributed by atoms with van der Waals surface area (Å²) in [4.78, 5) is 23.2. The van der Waals surface area contributed by atoms with Crippen LogP contribution < -0.4 is 0 Å². The standard InChI is InChI=1S/C17H16N5O5Se/c23-14-12(6-28)27-17(15(14)24)21-8-20-13-11(18-7-19-16(13)21)5-9-1-3-10(4-2-9)22(25)26/h1-4,7-8,12,14-15,17,23-24H,5-6H2/t12-,14-,15-,17-/m1/s1. The van der Waals surface area contributed by atoms with Crippen molar-refractivity contribution in [3.8, 4) is 0 Å². The predicted octanol–water partition coefficient (Wildman–Crippen LogP) is 0.531. The summed E-state index contributed by atoms with van der Waals surface area (Å²) in [5.41, 5.74) is 2.52. The Balaban J connectivity index is 1.65. The molecule has 0 aliphatic carbocycles. The normalized spacial score (nSPS) is 24.7. The molecule has 1 aromatic carbocycles. The van der Waals surface area contributed by atoms with Gasteiger partial charge in [-0.2, -0.15) is 0 Å². The molecule has 0 bridgehead atoms. The average Bonchev–Trinajstić information content (AvgIpc) is 3.24. The number of imidazole rings is 1. The number of ether oxygens (including phenoxy) is 1. The molecule has 1 saturated heterocycles. The van der Waals surface area contributed by atoms with Gasteiger partial charge in [0, 0.05) is 0 Å². The number of hydrogen-bond donors (Lipinski definition) is 2. The number of fused-ring (bicyclic) bond motifs is 1. The first-order valence-corrected chi connectivity index (χ1v) is 9.70. The average molecular weight is 449 g/mol. The van der Waals surface area contributed by atoms with Crippen LogP contribution in [0, 0.1) is 10.1 Å². The van der Waals surface area contributed by atoms with Crippen molar-refractivity contribution in [3.63, 3.8) is 0 Å². The van der Waals surface area contributed by atoms with E-state index in [1.807, 2.05) is 0 Å². The van der Waals surface area contributed by atoms with Crippen molar-refractivity contribution in [2.75, 3.05) is 0 Å². The Morgan fingerprint density at radius 1 is 1.18 bits per heavy atom. The van der Waals surface area contributed by atoms with Gasteiger partial charge < -0.3 is 0 Å². The molecule has 3 heterocycles. The van der Waals surface area contributed by atoms with E-state index < -0.39 is 29.5 Å². The molecule has 0 saturated carbocycles. The van der Waals surface area contributed by atoms with E-state index in [0.29, 0.717) is 28.6 Å². The summed E-state index contributed by atoms with van der Waals surface area (Å²) in [5, 5.41) is 31.7. The molecule has 1 aliphatic heterocycles. The van der Waals surface area contributed by atoms with Gasteiger partial charge in [0.05, 0.1) is 4.92 Å². The van der Waals surface area contributed by atoms with Crippen LogP contribution in [0.5, 0.6) is 0 Å². The SMILES string of the molecule is O=[N+]([O-])c1ccc(Cc2ncnc3c2ncn3[C@@H]2O[C@H](C[Se])[C@@H](O)[C@H]2O)cc1. The van der Waals surface area contributed by atoms with Crippen molar-refractivity contribution in [1.82, 2.24) is 19.5 Å². The quantitative estimate of drug-likeness (QED) is 0.327. The van der Waals surface area contributed by atoms with Gasteiger partial charge in [-0.1, -0.05) is 0 Å². The monoisotopic (exact) mass is 450 g/mol. The van der Waals surface area contributed by atoms with Gasteiger partial charge in [-0.15, -0.1) is 0 Å². The van der Waals surface area contributed by atoms with Crippen molar-refractivity contribution >= 4 is 32.9 Å². The van der Waals surface area contributed by atoms with Crippen LogP contribution in [-0.4, -0.2) is 69.0 Å². The van der Waals surface area contributed by atoms with Crippen LogP contribution >= 0.6 is 0 Å². The molecule has 2 N–H and O–H groups in total. The summed E-state index contributed by atoms with van der Waals surface area (Å²) in [6.07, 6.45) is -0.129. The first kappa shape index (κ1) is 18.9. The second-order valence-corrected chi connectivity index (χ2v) is 7.16. The zero-order valence-corrected chi connectivity index (χ0v) is 16.2. The van der Waals surface area contributed by atoms with Crippen LogP contribution in [-0.2, 0) is 11.2 Å². The maximum absolute atomic E-state index is 10.8. The van der Waals surface area contributed by atoms with E-state index in [-0.39, 0.29) is 5.69 Å². The number of nitro benzene ring substituents is 1. The fraction of sp³-hybridized carbons (Fsp3) is 0.353. The van der Waals surface area contributed by atoms with E-state index in [0.717, 1.165) is 5.56 Å². The van der Waals surface area contributed by atoms with Crippen LogP contribution in [0.4, 0.5) is 5.69 Å². The number of aliphatic hydroxyl groups is 2. The third kappa shape index (κ3) is 3.27. The molecule has 0 amide bonds. The van der Waals surface area contributed by atoms with Gasteiger partial charge in [-0.3, -0.25) is 10.1 Å². The summed E-state index contributed by atoms with van der Waals surface area (Å²) in [6.45, 7) is 0. The number of nitro groups is 1. The molecule has 0 unspecified atom stereocenters. The summed E-state index contributed by atoms with van der Waals surface area (Å²) >= 11 is 2.80. The Morgan fingerprint density at radius 3 is 2.57 bits per heavy atom. The zero-order chi connectivity index (χ0) is 19.8. The van der Waals surface area contributed by atoms with Gasteiger partial charge in [0.2, 0.25) is 0 Å². The number of hydrogen-bond acceptors (Lipinski definition) is 8. The molecular formula is C17H16N5O5Se. The van der Waals surface area contributed by atoms with Crippen molar-refractivity contribution in [2.24, 2.45) is 0 Å². The Kier molecular flexibility index (Phi) is 5.09. The molecule has 10 nitrogen and oxygen atoms in total. The van der Waals surface area contributed by atoms with Gasteiger partial charge in [-0.05, 0) is 0 Å². The number of rotatable bonds is 5. The molecule has 11 heteroatoms. The first-order valence-electron chi connectivity index (χ1n) is 8.49. The summed E-state index contributed by atoms with van der Waals surface area (Å²) in [6, 6.07) is 6.23. The summed E-state index contributed by atoms with van der Waals surface area (Å²) < 4.78 is 7.33. The molecule has 0 spiro atoms. The van der Waals surface area contributed by atoms with Gasteiger partial charge in [0.25, 0.3) is 5.69 Å².